The summed E-state index contributed by atoms with van der Waals surface area (Å²) in [7, 11) is 0. The molecular formula is C14H17F3N2OS. The Bertz CT molecular complexity index is 503. The van der Waals surface area contributed by atoms with Crippen LogP contribution in [0.1, 0.15) is 38.2 Å². The highest BCUT2D eigenvalue weighted by atomic mass is 32.1. The zero-order valence-corrected chi connectivity index (χ0v) is 12.4. The second-order valence-corrected chi connectivity index (χ2v) is 4.95. The third-order valence-electron chi connectivity index (χ3n) is 2.71. The molecule has 1 rings (SSSR count). The summed E-state index contributed by atoms with van der Waals surface area (Å²) in [6, 6.07) is 4.63. The van der Waals surface area contributed by atoms with Crippen molar-refractivity contribution in [2.24, 2.45) is 0 Å². The van der Waals surface area contributed by atoms with E-state index in [2.05, 4.69) is 10.6 Å². The van der Waals surface area contributed by atoms with E-state index in [1.54, 1.807) is 0 Å². The maximum atomic E-state index is 12.6. The highest BCUT2D eigenvalue weighted by Gasteiger charge is 2.30. The summed E-state index contributed by atoms with van der Waals surface area (Å²) in [6.07, 6.45) is -1.36. The lowest BCUT2D eigenvalue weighted by Gasteiger charge is -2.12. The van der Waals surface area contributed by atoms with Crippen LogP contribution in [0, 0.1) is 0 Å². The first-order valence-electron chi connectivity index (χ1n) is 6.61. The van der Waals surface area contributed by atoms with Gasteiger partial charge in [-0.15, -0.1) is 0 Å². The topological polar surface area (TPSA) is 41.1 Å². The molecule has 0 heterocycles. The number of halogens is 3. The Hall–Kier alpha value is -1.63. The molecule has 1 aromatic carbocycles. The van der Waals surface area contributed by atoms with Gasteiger partial charge in [0.05, 0.1) is 5.56 Å². The molecule has 116 valence electrons. The molecule has 0 spiro atoms. The van der Waals surface area contributed by atoms with E-state index >= 15 is 0 Å². The minimum Gasteiger partial charge on any atom is -0.332 e. The van der Waals surface area contributed by atoms with Crippen molar-refractivity contribution < 1.29 is 18.0 Å². The Morgan fingerprint density at radius 2 is 2.00 bits per heavy atom. The Labute approximate surface area is 126 Å². The molecule has 0 atom stereocenters. The first-order valence-corrected chi connectivity index (χ1v) is 7.02. The first-order chi connectivity index (χ1) is 9.82. The van der Waals surface area contributed by atoms with Gasteiger partial charge in [0.15, 0.2) is 5.11 Å². The van der Waals surface area contributed by atoms with Gasteiger partial charge in [-0.3, -0.25) is 4.79 Å². The number of anilines is 1. The standard InChI is InChI=1S/C14H17F3N2OS/c1-2-3-4-8-12(20)19-13(21)18-11-7-5-6-10(9-11)14(15,16)17/h5-7,9H,2-4,8H2,1H3,(H2,18,19,20,21). The molecule has 0 saturated heterocycles. The number of carbonyl (C=O) groups excluding carboxylic acids is 1. The third kappa shape index (κ3) is 6.57. The van der Waals surface area contributed by atoms with Crippen LogP contribution < -0.4 is 10.6 Å². The summed E-state index contributed by atoms with van der Waals surface area (Å²) < 4.78 is 37.7. The fourth-order valence-corrected chi connectivity index (χ4v) is 1.89. The fourth-order valence-electron chi connectivity index (χ4n) is 1.66. The summed E-state index contributed by atoms with van der Waals surface area (Å²) in [5.74, 6) is -0.243. The third-order valence-corrected chi connectivity index (χ3v) is 2.91. The molecule has 0 aliphatic carbocycles. The van der Waals surface area contributed by atoms with Crippen LogP contribution in [0.4, 0.5) is 18.9 Å². The van der Waals surface area contributed by atoms with Crippen LogP contribution >= 0.6 is 12.2 Å². The second kappa shape index (κ2) is 7.97. The number of thiocarbonyl (C=S) groups is 1. The lowest BCUT2D eigenvalue weighted by atomic mass is 10.2. The first kappa shape index (κ1) is 17.4. The highest BCUT2D eigenvalue weighted by Crippen LogP contribution is 2.30. The van der Waals surface area contributed by atoms with E-state index in [1.165, 1.54) is 12.1 Å². The lowest BCUT2D eigenvalue weighted by molar-refractivity contribution is -0.137. The number of hydrogen-bond acceptors (Lipinski definition) is 2. The largest absolute Gasteiger partial charge is 0.416 e. The summed E-state index contributed by atoms with van der Waals surface area (Å²) in [5, 5.41) is 5.02. The van der Waals surface area contributed by atoms with Gasteiger partial charge in [-0.25, -0.2) is 0 Å². The van der Waals surface area contributed by atoms with Crippen molar-refractivity contribution in [2.75, 3.05) is 5.32 Å². The van der Waals surface area contributed by atoms with Gasteiger partial charge in [0, 0.05) is 12.1 Å². The SMILES string of the molecule is CCCCCC(=O)NC(=S)Nc1cccc(C(F)(F)F)c1. The number of hydrogen-bond donors (Lipinski definition) is 2. The van der Waals surface area contributed by atoms with E-state index in [0.29, 0.717) is 6.42 Å². The van der Waals surface area contributed by atoms with Gasteiger partial charge in [0.1, 0.15) is 0 Å². The van der Waals surface area contributed by atoms with E-state index in [0.717, 1.165) is 31.4 Å². The van der Waals surface area contributed by atoms with Gasteiger partial charge in [0.25, 0.3) is 0 Å². The zero-order chi connectivity index (χ0) is 15.9. The maximum Gasteiger partial charge on any atom is 0.416 e. The van der Waals surface area contributed by atoms with Gasteiger partial charge in [0.2, 0.25) is 5.91 Å². The van der Waals surface area contributed by atoms with Gasteiger partial charge in [-0.1, -0.05) is 25.8 Å². The smallest absolute Gasteiger partial charge is 0.332 e. The minimum atomic E-state index is -4.41. The second-order valence-electron chi connectivity index (χ2n) is 4.54. The zero-order valence-electron chi connectivity index (χ0n) is 11.6. The molecule has 1 amide bonds. The Kier molecular flexibility index (Phi) is 6.61. The number of rotatable bonds is 5. The van der Waals surface area contributed by atoms with Crippen LogP contribution in [0.25, 0.3) is 0 Å². The molecule has 0 aliphatic rings. The van der Waals surface area contributed by atoms with Crippen LogP contribution in [-0.2, 0) is 11.0 Å². The molecule has 0 saturated carbocycles. The van der Waals surface area contributed by atoms with Crippen molar-refractivity contribution in [2.45, 2.75) is 38.8 Å². The number of carbonyl (C=O) groups is 1. The lowest BCUT2D eigenvalue weighted by Crippen LogP contribution is -2.33. The van der Waals surface area contributed by atoms with E-state index in [-0.39, 0.29) is 16.7 Å². The average Bonchev–Trinajstić information content (AvgIpc) is 2.38. The van der Waals surface area contributed by atoms with Gasteiger partial charge >= 0.3 is 6.18 Å². The normalized spacial score (nSPS) is 11.0. The summed E-state index contributed by atoms with van der Waals surface area (Å²) in [6.45, 7) is 2.03. The van der Waals surface area contributed by atoms with Gasteiger partial charge in [-0.2, -0.15) is 13.2 Å². The maximum absolute atomic E-state index is 12.6. The van der Waals surface area contributed by atoms with E-state index < -0.39 is 11.7 Å². The van der Waals surface area contributed by atoms with E-state index in [9.17, 15) is 18.0 Å². The quantitative estimate of drug-likeness (QED) is 0.634. The van der Waals surface area contributed by atoms with E-state index in [4.69, 9.17) is 12.2 Å². The number of amides is 1. The van der Waals surface area contributed by atoms with Crippen molar-refractivity contribution in [3.8, 4) is 0 Å². The number of alkyl halides is 3. The molecule has 21 heavy (non-hydrogen) atoms. The van der Waals surface area contributed by atoms with Crippen LogP contribution in [0.3, 0.4) is 0 Å². The van der Waals surface area contributed by atoms with Crippen molar-refractivity contribution in [1.82, 2.24) is 5.32 Å². The van der Waals surface area contributed by atoms with Crippen LogP contribution in [0.5, 0.6) is 0 Å². The molecule has 3 nitrogen and oxygen atoms in total. The van der Waals surface area contributed by atoms with Gasteiger partial charge in [-0.05, 0) is 36.8 Å². The number of unbranched alkanes of at least 4 members (excludes halogenated alkanes) is 2. The van der Waals surface area contributed by atoms with Crippen molar-refractivity contribution >= 4 is 28.9 Å². The molecule has 0 fully saturated rings. The number of nitrogens with one attached hydrogen (secondary N) is 2. The van der Waals surface area contributed by atoms with E-state index in [1.807, 2.05) is 6.92 Å². The highest BCUT2D eigenvalue weighted by molar-refractivity contribution is 7.80. The van der Waals surface area contributed by atoms with Crippen LogP contribution in [0.2, 0.25) is 0 Å². The molecule has 2 N–H and O–H groups in total. The predicted octanol–water partition coefficient (Wildman–Crippen LogP) is 4.10. The Morgan fingerprint density at radius 3 is 2.62 bits per heavy atom. The molecule has 0 unspecified atom stereocenters. The summed E-state index contributed by atoms with van der Waals surface area (Å²) in [4.78, 5) is 11.5. The number of benzene rings is 1. The van der Waals surface area contributed by atoms with Crippen LogP contribution in [-0.4, -0.2) is 11.0 Å². The molecule has 7 heteroatoms. The molecule has 0 aliphatic heterocycles. The monoisotopic (exact) mass is 318 g/mol. The Balaban J connectivity index is 2.53. The van der Waals surface area contributed by atoms with Crippen molar-refractivity contribution in [3.05, 3.63) is 29.8 Å². The molecular weight excluding hydrogens is 301 g/mol. The molecule has 0 radical (unpaired) electrons. The molecule has 1 aromatic rings. The fraction of sp³-hybridized carbons (Fsp3) is 0.429. The van der Waals surface area contributed by atoms with Crippen LogP contribution in [0.15, 0.2) is 24.3 Å². The van der Waals surface area contributed by atoms with Gasteiger partial charge < -0.3 is 10.6 Å². The summed E-state index contributed by atoms with van der Waals surface area (Å²) >= 11 is 4.90. The summed E-state index contributed by atoms with van der Waals surface area (Å²) in [5.41, 5.74) is -0.590. The molecule has 0 aromatic heterocycles. The average molecular weight is 318 g/mol. The predicted molar refractivity (Wildman–Crippen MR) is 79.9 cm³/mol. The van der Waals surface area contributed by atoms with Crippen molar-refractivity contribution in [3.63, 3.8) is 0 Å². The minimum absolute atomic E-state index is 0.00387. The molecule has 0 bridgehead atoms. The van der Waals surface area contributed by atoms with Crippen molar-refractivity contribution in [1.29, 1.82) is 0 Å². The Morgan fingerprint density at radius 1 is 1.29 bits per heavy atom.